The van der Waals surface area contributed by atoms with Gasteiger partial charge in [0.1, 0.15) is 0 Å². The van der Waals surface area contributed by atoms with E-state index in [0.717, 1.165) is 42.1 Å². The van der Waals surface area contributed by atoms with Gasteiger partial charge in [0.25, 0.3) is 0 Å². The molecular formula is C20H18FN5OS. The normalized spacial score (nSPS) is 14.4. The van der Waals surface area contributed by atoms with Gasteiger partial charge in [0, 0.05) is 37.1 Å². The van der Waals surface area contributed by atoms with E-state index in [4.69, 9.17) is 0 Å². The number of nitrogens with zero attached hydrogens (tertiary/aromatic N) is 5. The minimum absolute atomic E-state index is 0.00250. The molecule has 0 spiro atoms. The first-order valence-corrected chi connectivity index (χ1v) is 9.77. The second kappa shape index (κ2) is 7.93. The first-order valence-electron chi connectivity index (χ1n) is 8.89. The van der Waals surface area contributed by atoms with Crippen LogP contribution in [0.2, 0.25) is 0 Å². The van der Waals surface area contributed by atoms with Crippen molar-refractivity contribution in [1.82, 2.24) is 19.9 Å². The molecule has 3 aromatic heterocycles. The maximum Gasteiger partial charge on any atom is 0.185 e. The smallest absolute Gasteiger partial charge is 0.185 e. The van der Waals surface area contributed by atoms with Crippen LogP contribution in [0.1, 0.15) is 35.1 Å². The van der Waals surface area contributed by atoms with Gasteiger partial charge >= 0.3 is 0 Å². The molecule has 0 unspecified atom stereocenters. The van der Waals surface area contributed by atoms with Crippen LogP contribution in [0.3, 0.4) is 0 Å². The van der Waals surface area contributed by atoms with Gasteiger partial charge < -0.3 is 4.90 Å². The van der Waals surface area contributed by atoms with Crippen LogP contribution in [-0.2, 0) is 6.42 Å². The quantitative estimate of drug-likeness (QED) is 0.615. The third kappa shape index (κ3) is 3.82. The lowest BCUT2D eigenvalue weighted by Gasteiger charge is -2.29. The Kier molecular flexibility index (Phi) is 5.21. The highest BCUT2D eigenvalue weighted by Gasteiger charge is 2.21. The number of carbonyl (C=O) groups is 1. The monoisotopic (exact) mass is 395 g/mol. The summed E-state index contributed by atoms with van der Waals surface area (Å²) in [6.07, 6.45) is 8.47. The van der Waals surface area contributed by atoms with Gasteiger partial charge in [0.05, 0.1) is 35.8 Å². The minimum atomic E-state index is -0.623. The second-order valence-corrected chi connectivity index (χ2v) is 7.47. The Morgan fingerprint density at radius 2 is 2.11 bits per heavy atom. The van der Waals surface area contributed by atoms with Crippen LogP contribution in [-0.4, -0.2) is 38.8 Å². The van der Waals surface area contributed by atoms with Gasteiger partial charge in [-0.1, -0.05) is 5.57 Å². The highest BCUT2D eigenvalue weighted by molar-refractivity contribution is 7.13. The molecule has 3 aromatic rings. The lowest BCUT2D eigenvalue weighted by molar-refractivity contribution is 0.0988. The first-order chi connectivity index (χ1) is 13.6. The van der Waals surface area contributed by atoms with E-state index >= 15 is 0 Å². The van der Waals surface area contributed by atoms with Crippen LogP contribution in [0.25, 0.3) is 5.57 Å². The molecule has 0 atom stereocenters. The van der Waals surface area contributed by atoms with Crippen molar-refractivity contribution < 1.29 is 9.18 Å². The summed E-state index contributed by atoms with van der Waals surface area (Å²) in [4.78, 5) is 31.5. The SMILES string of the molecule is CC1=C(c2cnc(CC(=O)c3ccncc3F)cn2)CN(c2nccs2)CC1. The van der Waals surface area contributed by atoms with Crippen LogP contribution in [0.4, 0.5) is 9.52 Å². The number of anilines is 1. The third-order valence-corrected chi connectivity index (χ3v) is 5.57. The molecule has 0 bridgehead atoms. The Bertz CT molecular complexity index is 1020. The average molecular weight is 395 g/mol. The molecule has 8 heteroatoms. The van der Waals surface area contributed by atoms with E-state index in [0.29, 0.717) is 5.69 Å². The molecule has 142 valence electrons. The molecule has 6 nitrogen and oxygen atoms in total. The number of pyridine rings is 1. The maximum absolute atomic E-state index is 13.7. The van der Waals surface area contributed by atoms with E-state index in [1.165, 1.54) is 17.8 Å². The molecule has 0 fully saturated rings. The number of carbonyl (C=O) groups excluding carboxylic acids is 1. The first kappa shape index (κ1) is 18.4. The van der Waals surface area contributed by atoms with Crippen LogP contribution >= 0.6 is 11.3 Å². The number of hydrogen-bond acceptors (Lipinski definition) is 7. The molecular weight excluding hydrogens is 377 g/mol. The van der Waals surface area contributed by atoms with Crippen LogP contribution < -0.4 is 4.90 Å². The number of hydrogen-bond donors (Lipinski definition) is 0. The molecule has 0 radical (unpaired) electrons. The summed E-state index contributed by atoms with van der Waals surface area (Å²) in [6.45, 7) is 3.77. The summed E-state index contributed by atoms with van der Waals surface area (Å²) in [5.74, 6) is -0.965. The second-order valence-electron chi connectivity index (χ2n) is 6.59. The number of thiazole rings is 1. The highest BCUT2D eigenvalue weighted by Crippen LogP contribution is 2.29. The molecule has 4 rings (SSSR count). The third-order valence-electron chi connectivity index (χ3n) is 4.74. The van der Waals surface area contributed by atoms with Gasteiger partial charge in [-0.3, -0.25) is 19.7 Å². The summed E-state index contributed by atoms with van der Waals surface area (Å²) in [7, 11) is 0. The lowest BCUT2D eigenvalue weighted by atomic mass is 9.99. The predicted octanol–water partition coefficient (Wildman–Crippen LogP) is 3.58. The molecule has 0 saturated heterocycles. The van der Waals surface area contributed by atoms with Crippen LogP contribution in [0, 0.1) is 5.82 Å². The fourth-order valence-electron chi connectivity index (χ4n) is 3.16. The number of Topliss-reactive ketones (excluding diaryl/α,β-unsaturated/α-hetero) is 1. The molecule has 0 amide bonds. The maximum atomic E-state index is 13.7. The fraction of sp³-hybridized carbons (Fsp3) is 0.250. The van der Waals surface area contributed by atoms with Gasteiger partial charge in [0.2, 0.25) is 0 Å². The summed E-state index contributed by atoms with van der Waals surface area (Å²) < 4.78 is 13.7. The van der Waals surface area contributed by atoms with Crippen molar-refractivity contribution in [3.05, 3.63) is 70.8 Å². The Balaban J connectivity index is 1.50. The molecule has 4 heterocycles. The van der Waals surface area contributed by atoms with Crippen molar-refractivity contribution in [2.45, 2.75) is 19.8 Å². The summed E-state index contributed by atoms with van der Waals surface area (Å²) in [5, 5.41) is 2.97. The Morgan fingerprint density at radius 1 is 1.21 bits per heavy atom. The van der Waals surface area contributed by atoms with Gasteiger partial charge in [-0.25, -0.2) is 9.37 Å². The van der Waals surface area contributed by atoms with Crippen molar-refractivity contribution in [2.24, 2.45) is 0 Å². The standard InChI is InChI=1S/C20H18FN5OS/c1-13-3-6-26(20-23-5-7-28-20)12-16(13)18-11-24-14(9-25-18)8-19(27)15-2-4-22-10-17(15)21/h2,4-5,7,9-11H,3,6,8,12H2,1H3. The van der Waals surface area contributed by atoms with Gasteiger partial charge in [-0.2, -0.15) is 0 Å². The highest BCUT2D eigenvalue weighted by atomic mass is 32.1. The summed E-state index contributed by atoms with van der Waals surface area (Å²) in [6, 6.07) is 1.38. The number of halogens is 1. The van der Waals surface area contributed by atoms with E-state index in [1.807, 2.05) is 11.6 Å². The van der Waals surface area contributed by atoms with E-state index in [-0.39, 0.29) is 17.8 Å². The molecule has 0 N–H and O–H groups in total. The zero-order chi connectivity index (χ0) is 19.5. The summed E-state index contributed by atoms with van der Waals surface area (Å²) >= 11 is 1.62. The Morgan fingerprint density at radius 3 is 2.82 bits per heavy atom. The molecule has 0 aliphatic carbocycles. The molecule has 1 aliphatic rings. The van der Waals surface area contributed by atoms with Crippen molar-refractivity contribution in [1.29, 1.82) is 0 Å². The number of rotatable bonds is 5. The Labute approximate surface area is 165 Å². The van der Waals surface area contributed by atoms with E-state index in [2.05, 4.69) is 31.8 Å². The van der Waals surface area contributed by atoms with Crippen LogP contribution in [0.15, 0.2) is 48.0 Å². The van der Waals surface area contributed by atoms with Crippen molar-refractivity contribution in [3.8, 4) is 0 Å². The number of ketones is 1. The molecule has 0 saturated carbocycles. The van der Waals surface area contributed by atoms with Crippen LogP contribution in [0.5, 0.6) is 0 Å². The average Bonchev–Trinajstić information content (AvgIpc) is 3.24. The zero-order valence-corrected chi connectivity index (χ0v) is 16.1. The van der Waals surface area contributed by atoms with Crippen molar-refractivity contribution in [3.63, 3.8) is 0 Å². The van der Waals surface area contributed by atoms with E-state index in [9.17, 15) is 9.18 Å². The lowest BCUT2D eigenvalue weighted by Crippen LogP contribution is -2.31. The largest absolute Gasteiger partial charge is 0.343 e. The molecule has 1 aliphatic heterocycles. The van der Waals surface area contributed by atoms with E-state index < -0.39 is 5.82 Å². The predicted molar refractivity (Wildman–Crippen MR) is 106 cm³/mol. The summed E-state index contributed by atoms with van der Waals surface area (Å²) in [5.41, 5.74) is 3.74. The minimum Gasteiger partial charge on any atom is -0.343 e. The molecule has 0 aromatic carbocycles. The number of aromatic nitrogens is 4. The van der Waals surface area contributed by atoms with Crippen molar-refractivity contribution in [2.75, 3.05) is 18.0 Å². The topological polar surface area (TPSA) is 71.9 Å². The van der Waals surface area contributed by atoms with Gasteiger partial charge in [-0.15, -0.1) is 11.3 Å². The fourth-order valence-corrected chi connectivity index (χ4v) is 3.83. The Hall–Kier alpha value is -3.00. The van der Waals surface area contributed by atoms with Crippen molar-refractivity contribution >= 4 is 27.8 Å². The van der Waals surface area contributed by atoms with E-state index in [1.54, 1.807) is 23.7 Å². The van der Waals surface area contributed by atoms with Gasteiger partial charge in [0.15, 0.2) is 16.7 Å². The molecule has 28 heavy (non-hydrogen) atoms. The van der Waals surface area contributed by atoms with Gasteiger partial charge in [-0.05, 0) is 25.0 Å². The zero-order valence-electron chi connectivity index (χ0n) is 15.3.